The molecule has 1 atom stereocenters. The first-order chi connectivity index (χ1) is 18.4. The summed E-state index contributed by atoms with van der Waals surface area (Å²) >= 11 is 0. The molecule has 3 aromatic carbocycles. The number of carbonyl (C=O) groups is 2. The number of sulfonamides is 1. The number of nitrogens with zero attached hydrogens (tertiary/aromatic N) is 2. The molecule has 0 aliphatic rings. The lowest BCUT2D eigenvalue weighted by molar-refractivity contribution is -0.139. The van der Waals surface area contributed by atoms with Crippen LogP contribution < -0.4 is 9.62 Å². The largest absolute Gasteiger partial charge is 0.354 e. The second-order valence-corrected chi connectivity index (χ2v) is 12.3. The van der Waals surface area contributed by atoms with Crippen molar-refractivity contribution in [1.82, 2.24) is 10.2 Å². The fourth-order valence-electron chi connectivity index (χ4n) is 4.24. The van der Waals surface area contributed by atoms with Crippen LogP contribution in [0.2, 0.25) is 0 Å². The van der Waals surface area contributed by atoms with Gasteiger partial charge in [-0.1, -0.05) is 79.6 Å². The van der Waals surface area contributed by atoms with Gasteiger partial charge in [-0.25, -0.2) is 8.42 Å². The van der Waals surface area contributed by atoms with E-state index in [1.807, 2.05) is 71.0 Å². The Hall–Kier alpha value is -3.65. The molecule has 3 aromatic rings. The number of anilines is 1. The van der Waals surface area contributed by atoms with Gasteiger partial charge in [0.2, 0.25) is 11.8 Å². The third-order valence-electron chi connectivity index (χ3n) is 6.56. The second-order valence-electron chi connectivity index (χ2n) is 10.4. The minimum absolute atomic E-state index is 0.0945. The van der Waals surface area contributed by atoms with E-state index in [0.717, 1.165) is 21.0 Å². The quantitative estimate of drug-likeness (QED) is 0.365. The van der Waals surface area contributed by atoms with E-state index in [9.17, 15) is 18.0 Å². The molecule has 8 heteroatoms. The van der Waals surface area contributed by atoms with Crippen LogP contribution in [0.5, 0.6) is 0 Å². The van der Waals surface area contributed by atoms with Crippen molar-refractivity contribution in [3.8, 4) is 0 Å². The van der Waals surface area contributed by atoms with Crippen LogP contribution in [-0.2, 0) is 26.2 Å². The van der Waals surface area contributed by atoms with E-state index in [4.69, 9.17) is 0 Å². The Morgan fingerprint density at radius 3 is 2.13 bits per heavy atom. The number of aryl methyl sites for hydroxylation is 3. The molecule has 3 rings (SSSR count). The predicted octanol–water partition coefficient (Wildman–Crippen LogP) is 5.00. The molecule has 7 nitrogen and oxygen atoms in total. The van der Waals surface area contributed by atoms with Crippen molar-refractivity contribution in [2.24, 2.45) is 5.92 Å². The molecule has 0 radical (unpaired) electrons. The van der Waals surface area contributed by atoms with Crippen molar-refractivity contribution in [2.75, 3.05) is 17.4 Å². The second kappa shape index (κ2) is 12.9. The number of nitrogens with one attached hydrogen (secondary N) is 1. The Kier molecular flexibility index (Phi) is 9.92. The van der Waals surface area contributed by atoms with E-state index in [1.165, 1.54) is 4.90 Å². The van der Waals surface area contributed by atoms with Gasteiger partial charge in [0.25, 0.3) is 10.0 Å². The minimum Gasteiger partial charge on any atom is -0.354 e. The van der Waals surface area contributed by atoms with Crippen LogP contribution in [0.4, 0.5) is 5.69 Å². The zero-order valence-electron chi connectivity index (χ0n) is 23.6. The van der Waals surface area contributed by atoms with Gasteiger partial charge in [-0.2, -0.15) is 0 Å². The Morgan fingerprint density at radius 1 is 0.846 bits per heavy atom. The summed E-state index contributed by atoms with van der Waals surface area (Å²) in [5, 5.41) is 2.91. The maximum absolute atomic E-state index is 14.0. The van der Waals surface area contributed by atoms with E-state index < -0.39 is 28.5 Å². The number of para-hydroxylation sites is 1. The Labute approximate surface area is 232 Å². The molecular weight excluding hydrogens is 510 g/mol. The van der Waals surface area contributed by atoms with Crippen LogP contribution >= 0.6 is 0 Å². The average molecular weight is 550 g/mol. The summed E-state index contributed by atoms with van der Waals surface area (Å²) in [6.45, 7) is 11.5. The van der Waals surface area contributed by atoms with E-state index in [2.05, 4.69) is 5.32 Å². The SMILES string of the molecule is Cc1ccc(S(=O)(=O)N(CC(=O)N(Cc2cccc(C)c2)[C@H](C)C(=O)NCC(C)C)c2ccccc2C)cc1. The average Bonchev–Trinajstić information content (AvgIpc) is 2.89. The topological polar surface area (TPSA) is 86.8 Å². The van der Waals surface area contributed by atoms with Crippen molar-refractivity contribution in [1.29, 1.82) is 0 Å². The first kappa shape index (κ1) is 29.9. The molecule has 0 unspecified atom stereocenters. The molecule has 0 bridgehead atoms. The third kappa shape index (κ3) is 7.69. The minimum atomic E-state index is -4.08. The zero-order valence-corrected chi connectivity index (χ0v) is 24.5. The van der Waals surface area contributed by atoms with Gasteiger partial charge in [0.15, 0.2) is 0 Å². The summed E-state index contributed by atoms with van der Waals surface area (Å²) in [6.07, 6.45) is 0. The lowest BCUT2D eigenvalue weighted by Crippen LogP contribution is -2.51. The Balaban J connectivity index is 2.02. The molecule has 0 aliphatic carbocycles. The lowest BCUT2D eigenvalue weighted by Gasteiger charge is -2.32. The molecule has 0 saturated carbocycles. The van der Waals surface area contributed by atoms with Gasteiger partial charge in [-0.05, 0) is 62.9 Å². The molecule has 0 aromatic heterocycles. The van der Waals surface area contributed by atoms with E-state index in [0.29, 0.717) is 17.8 Å². The zero-order chi connectivity index (χ0) is 28.7. The summed E-state index contributed by atoms with van der Waals surface area (Å²) in [5.41, 5.74) is 3.95. The molecule has 0 aliphatic heterocycles. The summed E-state index contributed by atoms with van der Waals surface area (Å²) in [5.74, 6) is -0.505. The van der Waals surface area contributed by atoms with Crippen molar-refractivity contribution in [3.05, 3.63) is 95.1 Å². The third-order valence-corrected chi connectivity index (χ3v) is 8.33. The number of rotatable bonds is 11. The maximum atomic E-state index is 14.0. The first-order valence-electron chi connectivity index (χ1n) is 13.2. The fourth-order valence-corrected chi connectivity index (χ4v) is 5.71. The molecule has 0 saturated heterocycles. The number of hydrogen-bond acceptors (Lipinski definition) is 4. The Morgan fingerprint density at radius 2 is 1.51 bits per heavy atom. The highest BCUT2D eigenvalue weighted by Gasteiger charge is 2.33. The van der Waals surface area contributed by atoms with Crippen LogP contribution in [0.1, 0.15) is 43.0 Å². The molecule has 0 spiro atoms. The van der Waals surface area contributed by atoms with Crippen LogP contribution in [0, 0.1) is 26.7 Å². The van der Waals surface area contributed by atoms with Gasteiger partial charge in [-0.3, -0.25) is 13.9 Å². The summed E-state index contributed by atoms with van der Waals surface area (Å²) in [7, 11) is -4.08. The highest BCUT2D eigenvalue weighted by atomic mass is 32.2. The molecule has 208 valence electrons. The number of benzene rings is 3. The van der Waals surface area contributed by atoms with Crippen LogP contribution in [-0.4, -0.2) is 44.3 Å². The highest BCUT2D eigenvalue weighted by Crippen LogP contribution is 2.27. The van der Waals surface area contributed by atoms with E-state index >= 15 is 0 Å². The van der Waals surface area contributed by atoms with Crippen molar-refractivity contribution < 1.29 is 18.0 Å². The number of hydrogen-bond donors (Lipinski definition) is 1. The maximum Gasteiger partial charge on any atom is 0.264 e. The molecule has 39 heavy (non-hydrogen) atoms. The van der Waals surface area contributed by atoms with Gasteiger partial charge in [0.05, 0.1) is 10.6 Å². The van der Waals surface area contributed by atoms with Crippen molar-refractivity contribution in [2.45, 2.75) is 59.0 Å². The van der Waals surface area contributed by atoms with Gasteiger partial charge < -0.3 is 10.2 Å². The Bertz CT molecular complexity index is 1400. The monoisotopic (exact) mass is 549 g/mol. The summed E-state index contributed by atoms with van der Waals surface area (Å²) < 4.78 is 29.0. The van der Waals surface area contributed by atoms with Crippen molar-refractivity contribution in [3.63, 3.8) is 0 Å². The standard InChI is InChI=1S/C31H39N3O4S/c1-22(2)19-32-31(36)26(6)33(20-27-12-9-10-24(4)18-27)30(35)21-34(29-13-8-7-11-25(29)5)39(37,38)28-16-14-23(3)15-17-28/h7-18,22,26H,19-21H2,1-6H3,(H,32,36)/t26-/m1/s1. The van der Waals surface area contributed by atoms with Gasteiger partial charge in [0.1, 0.15) is 12.6 Å². The fraction of sp³-hybridized carbons (Fsp3) is 0.355. The van der Waals surface area contributed by atoms with Gasteiger partial charge in [0, 0.05) is 13.1 Å². The van der Waals surface area contributed by atoms with E-state index in [-0.39, 0.29) is 23.3 Å². The number of amides is 2. The molecule has 0 fully saturated rings. The van der Waals surface area contributed by atoms with Gasteiger partial charge >= 0.3 is 0 Å². The van der Waals surface area contributed by atoms with Crippen molar-refractivity contribution >= 4 is 27.5 Å². The lowest BCUT2D eigenvalue weighted by atomic mass is 10.1. The van der Waals surface area contributed by atoms with Crippen LogP contribution in [0.25, 0.3) is 0 Å². The predicted molar refractivity (Wildman–Crippen MR) is 156 cm³/mol. The summed E-state index contributed by atoms with van der Waals surface area (Å²) in [6, 6.07) is 20.5. The summed E-state index contributed by atoms with van der Waals surface area (Å²) in [4.78, 5) is 28.6. The van der Waals surface area contributed by atoms with E-state index in [1.54, 1.807) is 43.3 Å². The molecular formula is C31H39N3O4S. The first-order valence-corrected chi connectivity index (χ1v) is 14.6. The van der Waals surface area contributed by atoms with Gasteiger partial charge in [-0.15, -0.1) is 0 Å². The molecule has 2 amide bonds. The smallest absolute Gasteiger partial charge is 0.264 e. The molecule has 1 N–H and O–H groups in total. The normalized spacial score (nSPS) is 12.2. The van der Waals surface area contributed by atoms with Crippen LogP contribution in [0.15, 0.2) is 77.7 Å². The number of carbonyl (C=O) groups excluding carboxylic acids is 2. The van der Waals surface area contributed by atoms with Crippen LogP contribution in [0.3, 0.4) is 0 Å². The molecule has 0 heterocycles. The highest BCUT2D eigenvalue weighted by molar-refractivity contribution is 7.92.